The maximum absolute atomic E-state index is 11.9. The molecule has 21 heavy (non-hydrogen) atoms. The number of nitrogens with one attached hydrogen (secondary N) is 1. The lowest BCUT2D eigenvalue weighted by atomic mass is 9.99. The first-order chi connectivity index (χ1) is 9.85. The van der Waals surface area contributed by atoms with E-state index in [0.717, 1.165) is 14.9 Å². The standard InChI is InChI=1S/C15H20BrNO3S/c1-4-9(2)14(15(19)20)17-13(18)8-21-12-6-5-11(16)7-10(12)3/h5-7,9,14H,4,8H2,1-3H3,(H,17,18)(H,19,20)/t9-,14-/m0/s1. The fourth-order valence-electron chi connectivity index (χ4n) is 1.82. The molecular weight excluding hydrogens is 354 g/mol. The number of hydrogen-bond acceptors (Lipinski definition) is 3. The van der Waals surface area contributed by atoms with Crippen molar-refractivity contribution in [2.75, 3.05) is 5.75 Å². The molecule has 0 spiro atoms. The zero-order valence-electron chi connectivity index (χ0n) is 12.4. The van der Waals surface area contributed by atoms with Gasteiger partial charge in [-0.1, -0.05) is 36.2 Å². The molecule has 4 nitrogen and oxygen atoms in total. The average Bonchev–Trinajstić information content (AvgIpc) is 2.42. The summed E-state index contributed by atoms with van der Waals surface area (Å²) in [5.41, 5.74) is 1.08. The summed E-state index contributed by atoms with van der Waals surface area (Å²) in [7, 11) is 0. The smallest absolute Gasteiger partial charge is 0.326 e. The van der Waals surface area contributed by atoms with Crippen LogP contribution in [0.15, 0.2) is 27.6 Å². The minimum atomic E-state index is -0.984. The van der Waals surface area contributed by atoms with Gasteiger partial charge in [0.05, 0.1) is 5.75 Å². The highest BCUT2D eigenvalue weighted by Crippen LogP contribution is 2.25. The Bertz CT molecular complexity index is 522. The number of carbonyl (C=O) groups is 2. The van der Waals surface area contributed by atoms with Crippen LogP contribution in [0, 0.1) is 12.8 Å². The molecule has 0 aromatic heterocycles. The number of thioether (sulfide) groups is 1. The van der Waals surface area contributed by atoms with Gasteiger partial charge in [0.25, 0.3) is 0 Å². The molecule has 0 radical (unpaired) electrons. The van der Waals surface area contributed by atoms with Crippen LogP contribution in [0.2, 0.25) is 0 Å². The van der Waals surface area contributed by atoms with Crippen molar-refractivity contribution in [3.63, 3.8) is 0 Å². The zero-order valence-corrected chi connectivity index (χ0v) is 14.8. The Morgan fingerprint density at radius 3 is 2.62 bits per heavy atom. The van der Waals surface area contributed by atoms with Gasteiger partial charge in [-0.3, -0.25) is 4.79 Å². The number of aliphatic carboxylic acids is 1. The molecule has 0 bridgehead atoms. The van der Waals surface area contributed by atoms with Crippen LogP contribution in [0.1, 0.15) is 25.8 Å². The van der Waals surface area contributed by atoms with Gasteiger partial charge < -0.3 is 10.4 Å². The van der Waals surface area contributed by atoms with Crippen LogP contribution in [0.3, 0.4) is 0 Å². The van der Waals surface area contributed by atoms with E-state index in [1.807, 2.05) is 39.0 Å². The molecule has 2 N–H and O–H groups in total. The SMILES string of the molecule is CC[C@H](C)[C@H](NC(=O)CSc1ccc(Br)cc1C)C(=O)O. The highest BCUT2D eigenvalue weighted by Gasteiger charge is 2.25. The second-order valence-corrected chi connectivity index (χ2v) is 6.90. The van der Waals surface area contributed by atoms with Gasteiger partial charge in [-0.2, -0.15) is 0 Å². The summed E-state index contributed by atoms with van der Waals surface area (Å²) in [5, 5.41) is 11.8. The molecule has 0 aliphatic heterocycles. The van der Waals surface area contributed by atoms with Crippen LogP contribution in [-0.2, 0) is 9.59 Å². The summed E-state index contributed by atoms with van der Waals surface area (Å²) in [5.74, 6) is -1.12. The lowest BCUT2D eigenvalue weighted by Crippen LogP contribution is -2.45. The number of amides is 1. The molecule has 0 unspecified atom stereocenters. The van der Waals surface area contributed by atoms with Crippen LogP contribution in [0.25, 0.3) is 0 Å². The van der Waals surface area contributed by atoms with E-state index in [0.29, 0.717) is 6.42 Å². The van der Waals surface area contributed by atoms with Crippen molar-refractivity contribution in [2.24, 2.45) is 5.92 Å². The number of rotatable bonds is 7. The molecule has 116 valence electrons. The molecule has 6 heteroatoms. The van der Waals surface area contributed by atoms with Gasteiger partial charge >= 0.3 is 5.97 Å². The van der Waals surface area contributed by atoms with Crippen LogP contribution < -0.4 is 5.32 Å². The highest BCUT2D eigenvalue weighted by molar-refractivity contribution is 9.10. The lowest BCUT2D eigenvalue weighted by molar-refractivity contribution is -0.143. The Kier molecular flexibility index (Phi) is 7.25. The molecule has 0 aliphatic rings. The van der Waals surface area contributed by atoms with Crippen molar-refractivity contribution >= 4 is 39.6 Å². The normalized spacial score (nSPS) is 13.5. The van der Waals surface area contributed by atoms with Crippen molar-refractivity contribution in [3.05, 3.63) is 28.2 Å². The number of carboxylic acids is 1. The molecule has 0 heterocycles. The number of carboxylic acid groups (broad SMARTS) is 1. The summed E-state index contributed by atoms with van der Waals surface area (Å²) in [6.07, 6.45) is 0.705. The van der Waals surface area contributed by atoms with E-state index in [-0.39, 0.29) is 17.6 Å². The second kappa shape index (κ2) is 8.44. The van der Waals surface area contributed by atoms with Gasteiger partial charge in [-0.25, -0.2) is 4.79 Å². The fourth-order valence-corrected chi connectivity index (χ4v) is 3.11. The van der Waals surface area contributed by atoms with Crippen LogP contribution in [0.5, 0.6) is 0 Å². The molecule has 1 aromatic rings. The van der Waals surface area contributed by atoms with Gasteiger partial charge in [0.1, 0.15) is 6.04 Å². The molecule has 1 rings (SSSR count). The maximum Gasteiger partial charge on any atom is 0.326 e. The minimum absolute atomic E-state index is 0.0918. The van der Waals surface area contributed by atoms with Gasteiger partial charge in [-0.15, -0.1) is 11.8 Å². The van der Waals surface area contributed by atoms with E-state index in [1.54, 1.807) is 0 Å². The van der Waals surface area contributed by atoms with Crippen LogP contribution in [-0.4, -0.2) is 28.8 Å². The van der Waals surface area contributed by atoms with Crippen molar-refractivity contribution in [2.45, 2.75) is 38.1 Å². The quantitative estimate of drug-likeness (QED) is 0.718. The Hall–Kier alpha value is -1.01. The maximum atomic E-state index is 11.9. The number of halogens is 1. The van der Waals surface area contributed by atoms with Gasteiger partial charge in [0.15, 0.2) is 0 Å². The van der Waals surface area contributed by atoms with Crippen molar-refractivity contribution < 1.29 is 14.7 Å². The Morgan fingerprint density at radius 2 is 2.10 bits per heavy atom. The van der Waals surface area contributed by atoms with E-state index >= 15 is 0 Å². The first-order valence-corrected chi connectivity index (χ1v) is 8.54. The third kappa shape index (κ3) is 5.71. The minimum Gasteiger partial charge on any atom is -0.480 e. The second-order valence-electron chi connectivity index (χ2n) is 4.97. The summed E-state index contributed by atoms with van der Waals surface area (Å²) in [6.45, 7) is 5.71. The summed E-state index contributed by atoms with van der Waals surface area (Å²) in [6, 6.07) is 5.03. The van der Waals surface area contributed by atoms with Crippen molar-refractivity contribution in [1.82, 2.24) is 5.32 Å². The largest absolute Gasteiger partial charge is 0.480 e. The predicted molar refractivity (Wildman–Crippen MR) is 88.6 cm³/mol. The lowest BCUT2D eigenvalue weighted by Gasteiger charge is -2.20. The van der Waals surface area contributed by atoms with Crippen molar-refractivity contribution in [1.29, 1.82) is 0 Å². The molecule has 0 aliphatic carbocycles. The molecule has 2 atom stereocenters. The van der Waals surface area contributed by atoms with Crippen LogP contribution >= 0.6 is 27.7 Å². The van der Waals surface area contributed by atoms with E-state index in [1.165, 1.54) is 11.8 Å². The third-order valence-electron chi connectivity index (χ3n) is 3.29. The number of carbonyl (C=O) groups excluding carboxylic acids is 1. The Labute approximate surface area is 137 Å². The fraction of sp³-hybridized carbons (Fsp3) is 0.467. The molecule has 0 saturated carbocycles. The van der Waals surface area contributed by atoms with Gasteiger partial charge in [-0.05, 0) is 36.6 Å². The molecule has 1 aromatic carbocycles. The van der Waals surface area contributed by atoms with E-state index in [9.17, 15) is 9.59 Å². The molecule has 0 saturated heterocycles. The highest BCUT2D eigenvalue weighted by atomic mass is 79.9. The molecule has 0 fully saturated rings. The van der Waals surface area contributed by atoms with Crippen LogP contribution in [0.4, 0.5) is 0 Å². The molecule has 1 amide bonds. The average molecular weight is 374 g/mol. The number of hydrogen-bond donors (Lipinski definition) is 2. The van der Waals surface area contributed by atoms with Crippen molar-refractivity contribution in [3.8, 4) is 0 Å². The zero-order chi connectivity index (χ0) is 16.0. The topological polar surface area (TPSA) is 66.4 Å². The summed E-state index contributed by atoms with van der Waals surface area (Å²) >= 11 is 4.81. The van der Waals surface area contributed by atoms with E-state index < -0.39 is 12.0 Å². The third-order valence-corrected chi connectivity index (χ3v) is 4.96. The van der Waals surface area contributed by atoms with Gasteiger partial charge in [0, 0.05) is 9.37 Å². The van der Waals surface area contributed by atoms with E-state index in [4.69, 9.17) is 5.11 Å². The monoisotopic (exact) mass is 373 g/mol. The Morgan fingerprint density at radius 1 is 1.43 bits per heavy atom. The summed E-state index contributed by atoms with van der Waals surface area (Å²) in [4.78, 5) is 24.1. The summed E-state index contributed by atoms with van der Waals surface area (Å²) < 4.78 is 0.997. The van der Waals surface area contributed by atoms with Gasteiger partial charge in [0.2, 0.25) is 5.91 Å². The Balaban J connectivity index is 2.58. The number of aryl methyl sites for hydroxylation is 1. The first-order valence-electron chi connectivity index (χ1n) is 6.76. The van der Waals surface area contributed by atoms with E-state index in [2.05, 4.69) is 21.2 Å². The predicted octanol–water partition coefficient (Wildman–Crippen LogP) is 3.47. The first kappa shape index (κ1) is 18.0. The number of benzene rings is 1. The molecular formula is C15H20BrNO3S.